The number of carbonyl (C=O) groups excluding carboxylic acids is 1. The van der Waals surface area contributed by atoms with E-state index in [9.17, 15) is 9.59 Å². The first-order valence-corrected chi connectivity index (χ1v) is 7.54. The minimum atomic E-state index is -0.484. The molecule has 1 aliphatic rings. The van der Waals surface area contributed by atoms with Crippen molar-refractivity contribution in [3.8, 4) is 0 Å². The van der Waals surface area contributed by atoms with Crippen LogP contribution in [-0.4, -0.2) is 45.7 Å². The van der Waals surface area contributed by atoms with Crippen LogP contribution in [0.5, 0.6) is 0 Å². The molecule has 7 heteroatoms. The quantitative estimate of drug-likeness (QED) is 0.884. The first-order valence-electron chi connectivity index (χ1n) is 7.54. The number of aromatic nitrogens is 2. The monoisotopic (exact) mass is 316 g/mol. The van der Waals surface area contributed by atoms with E-state index >= 15 is 0 Å². The van der Waals surface area contributed by atoms with Crippen LogP contribution >= 0.6 is 0 Å². The van der Waals surface area contributed by atoms with E-state index in [2.05, 4.69) is 15.3 Å². The summed E-state index contributed by atoms with van der Waals surface area (Å²) in [5.41, 5.74) is 0.845. The zero-order valence-electron chi connectivity index (χ0n) is 13.4. The van der Waals surface area contributed by atoms with Crippen molar-refractivity contribution in [1.82, 2.24) is 14.9 Å². The molecule has 0 saturated carbocycles. The summed E-state index contributed by atoms with van der Waals surface area (Å²) >= 11 is 0. The number of nitrogens with zero attached hydrogens (tertiary/aromatic N) is 2. The molecule has 3 rings (SSSR count). The molecule has 1 fully saturated rings. The molecule has 0 atom stereocenters. The van der Waals surface area contributed by atoms with Crippen LogP contribution in [-0.2, 0) is 4.74 Å². The predicted octanol–water partition coefficient (Wildman–Crippen LogP) is 1.95. The van der Waals surface area contributed by atoms with Gasteiger partial charge in [-0.2, -0.15) is 0 Å². The lowest BCUT2D eigenvalue weighted by molar-refractivity contribution is 0.0105. The third kappa shape index (κ3) is 3.44. The van der Waals surface area contributed by atoms with Gasteiger partial charge in [-0.25, -0.2) is 9.78 Å². The standard InChI is InChI=1S/C16H20N4O3/c1-16(2,3)23-15(22)20-7-11(8-20)19-10-4-5-13-12(6-10)14(21)18-9-17-13/h4-6,9,11,19H,7-8H2,1-3H3,(H,17,18,21). The van der Waals surface area contributed by atoms with E-state index in [0.717, 1.165) is 5.69 Å². The SMILES string of the molecule is CC(C)(C)OC(=O)N1CC(Nc2ccc3nc[nH]c(=O)c3c2)C1. The molecule has 1 amide bonds. The van der Waals surface area contributed by atoms with Crippen LogP contribution < -0.4 is 10.9 Å². The second kappa shape index (κ2) is 5.57. The van der Waals surface area contributed by atoms with Crippen molar-refractivity contribution in [1.29, 1.82) is 0 Å². The third-order valence-electron chi connectivity index (χ3n) is 3.54. The molecule has 1 aromatic heterocycles. The Morgan fingerprint density at radius 2 is 2.13 bits per heavy atom. The summed E-state index contributed by atoms with van der Waals surface area (Å²) in [7, 11) is 0. The molecule has 1 aromatic carbocycles. The number of hydrogen-bond donors (Lipinski definition) is 2. The lowest BCUT2D eigenvalue weighted by Crippen LogP contribution is -2.57. The van der Waals surface area contributed by atoms with E-state index in [-0.39, 0.29) is 17.7 Å². The van der Waals surface area contributed by atoms with Gasteiger partial charge in [0.1, 0.15) is 5.60 Å². The number of likely N-dealkylation sites (tertiary alicyclic amines) is 1. The fraction of sp³-hybridized carbons (Fsp3) is 0.438. The van der Waals surface area contributed by atoms with E-state index in [1.807, 2.05) is 26.8 Å². The number of amides is 1. The number of aromatic amines is 1. The van der Waals surface area contributed by atoms with E-state index in [0.29, 0.717) is 24.0 Å². The van der Waals surface area contributed by atoms with Crippen LogP contribution in [0.3, 0.4) is 0 Å². The molecular formula is C16H20N4O3. The molecule has 0 bridgehead atoms. The van der Waals surface area contributed by atoms with E-state index in [4.69, 9.17) is 4.74 Å². The van der Waals surface area contributed by atoms with Crippen LogP contribution in [0.2, 0.25) is 0 Å². The molecule has 1 aliphatic heterocycles. The minimum absolute atomic E-state index is 0.149. The number of fused-ring (bicyclic) bond motifs is 1. The second-order valence-corrected chi connectivity index (χ2v) is 6.69. The third-order valence-corrected chi connectivity index (χ3v) is 3.54. The average molecular weight is 316 g/mol. The topological polar surface area (TPSA) is 87.3 Å². The summed E-state index contributed by atoms with van der Waals surface area (Å²) in [6.45, 7) is 6.70. The van der Waals surface area contributed by atoms with Gasteiger partial charge in [0.2, 0.25) is 0 Å². The van der Waals surface area contributed by atoms with Gasteiger partial charge in [-0.15, -0.1) is 0 Å². The van der Waals surface area contributed by atoms with Crippen molar-refractivity contribution in [2.75, 3.05) is 18.4 Å². The van der Waals surface area contributed by atoms with Gasteiger partial charge < -0.3 is 19.9 Å². The van der Waals surface area contributed by atoms with Crippen LogP contribution in [0.25, 0.3) is 10.9 Å². The molecule has 1 saturated heterocycles. The van der Waals surface area contributed by atoms with Crippen molar-refractivity contribution in [2.24, 2.45) is 0 Å². The number of rotatable bonds is 2. The lowest BCUT2D eigenvalue weighted by atomic mass is 10.1. The Bertz CT molecular complexity index is 788. The fourth-order valence-corrected chi connectivity index (χ4v) is 2.44. The minimum Gasteiger partial charge on any atom is -0.444 e. The van der Waals surface area contributed by atoms with Crippen molar-refractivity contribution in [3.63, 3.8) is 0 Å². The van der Waals surface area contributed by atoms with Crippen molar-refractivity contribution in [3.05, 3.63) is 34.9 Å². The number of carbonyl (C=O) groups is 1. The van der Waals surface area contributed by atoms with Gasteiger partial charge in [-0.3, -0.25) is 4.79 Å². The number of anilines is 1. The van der Waals surface area contributed by atoms with Gasteiger partial charge in [0.15, 0.2) is 0 Å². The highest BCUT2D eigenvalue weighted by Gasteiger charge is 2.33. The molecular weight excluding hydrogens is 296 g/mol. The summed E-state index contributed by atoms with van der Waals surface area (Å²) in [4.78, 5) is 32.0. The molecule has 2 aromatic rings. The van der Waals surface area contributed by atoms with Crippen molar-refractivity contribution < 1.29 is 9.53 Å². The van der Waals surface area contributed by atoms with Gasteiger partial charge in [0.25, 0.3) is 5.56 Å². The summed E-state index contributed by atoms with van der Waals surface area (Å²) in [5, 5.41) is 3.86. The highest BCUT2D eigenvalue weighted by Crippen LogP contribution is 2.20. The first kappa shape index (κ1) is 15.3. The maximum Gasteiger partial charge on any atom is 0.410 e. The average Bonchev–Trinajstić information content (AvgIpc) is 2.41. The first-order chi connectivity index (χ1) is 10.8. The molecule has 122 valence electrons. The fourth-order valence-electron chi connectivity index (χ4n) is 2.44. The predicted molar refractivity (Wildman–Crippen MR) is 87.6 cm³/mol. The molecule has 7 nitrogen and oxygen atoms in total. The number of ether oxygens (including phenoxy) is 1. The highest BCUT2D eigenvalue weighted by atomic mass is 16.6. The molecule has 2 N–H and O–H groups in total. The molecule has 0 unspecified atom stereocenters. The van der Waals surface area contributed by atoms with Crippen LogP contribution in [0.15, 0.2) is 29.3 Å². The van der Waals surface area contributed by atoms with E-state index < -0.39 is 5.60 Å². The molecule has 23 heavy (non-hydrogen) atoms. The largest absolute Gasteiger partial charge is 0.444 e. The molecule has 2 heterocycles. The number of benzene rings is 1. The highest BCUT2D eigenvalue weighted by molar-refractivity contribution is 5.81. The van der Waals surface area contributed by atoms with Gasteiger partial charge >= 0.3 is 6.09 Å². The van der Waals surface area contributed by atoms with Crippen LogP contribution in [0, 0.1) is 0 Å². The summed E-state index contributed by atoms with van der Waals surface area (Å²) in [6.07, 6.45) is 1.09. The van der Waals surface area contributed by atoms with Crippen molar-refractivity contribution >= 4 is 22.7 Å². The second-order valence-electron chi connectivity index (χ2n) is 6.69. The van der Waals surface area contributed by atoms with Gasteiger partial charge in [0.05, 0.1) is 23.3 Å². The zero-order valence-corrected chi connectivity index (χ0v) is 13.4. The van der Waals surface area contributed by atoms with Crippen LogP contribution in [0.1, 0.15) is 20.8 Å². The number of hydrogen-bond acceptors (Lipinski definition) is 5. The van der Waals surface area contributed by atoms with Crippen molar-refractivity contribution in [2.45, 2.75) is 32.4 Å². The number of H-pyrrole nitrogens is 1. The number of nitrogens with one attached hydrogen (secondary N) is 2. The Balaban J connectivity index is 1.61. The summed E-state index contributed by atoms with van der Waals surface area (Å²) in [5.74, 6) is 0. The Morgan fingerprint density at radius 1 is 1.39 bits per heavy atom. The Hall–Kier alpha value is -2.57. The normalized spacial score (nSPS) is 15.3. The van der Waals surface area contributed by atoms with Crippen LogP contribution in [0.4, 0.5) is 10.5 Å². The smallest absolute Gasteiger partial charge is 0.410 e. The summed E-state index contributed by atoms with van der Waals surface area (Å²) in [6, 6.07) is 5.61. The van der Waals surface area contributed by atoms with Gasteiger partial charge in [-0.05, 0) is 39.0 Å². The van der Waals surface area contributed by atoms with E-state index in [1.165, 1.54) is 6.33 Å². The lowest BCUT2D eigenvalue weighted by Gasteiger charge is -2.40. The summed E-state index contributed by atoms with van der Waals surface area (Å²) < 4.78 is 5.32. The Morgan fingerprint density at radius 3 is 2.83 bits per heavy atom. The van der Waals surface area contributed by atoms with Gasteiger partial charge in [0, 0.05) is 18.8 Å². The van der Waals surface area contributed by atoms with Gasteiger partial charge in [-0.1, -0.05) is 0 Å². The Kier molecular flexibility index (Phi) is 3.71. The zero-order chi connectivity index (χ0) is 16.6. The Labute approximate surface area is 133 Å². The maximum absolute atomic E-state index is 11.9. The molecule has 0 aliphatic carbocycles. The molecule has 0 radical (unpaired) electrons. The molecule has 0 spiro atoms. The maximum atomic E-state index is 11.9. The van der Waals surface area contributed by atoms with E-state index in [1.54, 1.807) is 17.0 Å².